The molecule has 2 N–H and O–H groups in total. The van der Waals surface area contributed by atoms with Crippen LogP contribution in [0.25, 0.3) is 0 Å². The van der Waals surface area contributed by atoms with Gasteiger partial charge in [0, 0.05) is 23.8 Å². The van der Waals surface area contributed by atoms with Crippen molar-refractivity contribution in [3.8, 4) is 0 Å². The molecule has 7 heteroatoms. The van der Waals surface area contributed by atoms with E-state index in [1.165, 1.54) is 22.3 Å². The van der Waals surface area contributed by atoms with E-state index in [1.54, 1.807) is 0 Å². The summed E-state index contributed by atoms with van der Waals surface area (Å²) in [4.78, 5) is 15.3. The predicted octanol–water partition coefficient (Wildman–Crippen LogP) is 3.52. The Balaban J connectivity index is 1.31. The van der Waals surface area contributed by atoms with Gasteiger partial charge in [0.2, 0.25) is 10.0 Å². The lowest BCUT2D eigenvalue weighted by molar-refractivity contribution is 0.105. The van der Waals surface area contributed by atoms with Gasteiger partial charge in [-0.05, 0) is 100 Å². The first-order chi connectivity index (χ1) is 14.3. The van der Waals surface area contributed by atoms with E-state index in [0.717, 1.165) is 57.1 Å². The molecule has 3 atom stereocenters. The molecule has 2 aliphatic carbocycles. The van der Waals surface area contributed by atoms with Crippen molar-refractivity contribution in [2.45, 2.75) is 101 Å². The van der Waals surface area contributed by atoms with Gasteiger partial charge < -0.3 is 5.32 Å². The monoisotopic (exact) mass is 431 g/mol. The van der Waals surface area contributed by atoms with Crippen molar-refractivity contribution in [3.05, 3.63) is 28.3 Å². The molecule has 0 aromatic heterocycles. The number of urea groups is 1. The zero-order valence-electron chi connectivity index (χ0n) is 18.0. The Morgan fingerprint density at radius 1 is 1.00 bits per heavy atom. The maximum Gasteiger partial charge on any atom is 0.332 e. The number of benzene rings is 1. The minimum absolute atomic E-state index is 0.314. The molecule has 2 amide bonds. The third-order valence-corrected chi connectivity index (χ3v) is 9.46. The van der Waals surface area contributed by atoms with Gasteiger partial charge in [-0.25, -0.2) is 17.9 Å². The summed E-state index contributed by atoms with van der Waals surface area (Å²) in [6.07, 6.45) is 9.58. The lowest BCUT2D eigenvalue weighted by Crippen LogP contribution is -2.52. The average Bonchev–Trinajstić information content (AvgIpc) is 3.38. The molecule has 0 saturated carbocycles. The van der Waals surface area contributed by atoms with Crippen molar-refractivity contribution in [2.75, 3.05) is 5.32 Å². The highest BCUT2D eigenvalue weighted by Crippen LogP contribution is 2.40. The molecule has 0 radical (unpaired) electrons. The van der Waals surface area contributed by atoms with Crippen molar-refractivity contribution in [1.29, 1.82) is 0 Å². The fraction of sp³-hybridized carbons (Fsp3) is 0.696. The van der Waals surface area contributed by atoms with Gasteiger partial charge in [0.1, 0.15) is 0 Å². The molecule has 2 fully saturated rings. The molecular weight excluding hydrogens is 398 g/mol. The molecule has 30 heavy (non-hydrogen) atoms. The number of aryl methyl sites for hydroxylation is 2. The van der Waals surface area contributed by atoms with E-state index in [0.29, 0.717) is 31.0 Å². The summed E-state index contributed by atoms with van der Waals surface area (Å²) in [6, 6.07) is 2.78. The van der Waals surface area contributed by atoms with Gasteiger partial charge in [-0.1, -0.05) is 6.07 Å². The molecule has 2 saturated heterocycles. The van der Waals surface area contributed by atoms with Crippen LogP contribution in [0.5, 0.6) is 0 Å². The van der Waals surface area contributed by atoms with Crippen LogP contribution in [0.1, 0.15) is 74.6 Å². The van der Waals surface area contributed by atoms with E-state index in [4.69, 9.17) is 0 Å². The standard InChI is InChI=1S/C23H33N3O3S/c1-14(2)26-17-9-10-18(26)13-19(12-17)30(28,29)25-23(27)24-22-20-7-3-5-15(20)11-16-6-4-8-21(16)22/h11,14,17-19H,3-10,12-13H2,1-2H3,(H2,24,25,27)/t17-,18?,19-/m0/s1. The molecule has 2 aliphatic heterocycles. The molecule has 4 aliphatic rings. The smallest absolute Gasteiger partial charge is 0.307 e. The Morgan fingerprint density at radius 3 is 2.10 bits per heavy atom. The van der Waals surface area contributed by atoms with Crippen molar-refractivity contribution in [1.82, 2.24) is 9.62 Å². The molecule has 2 bridgehead atoms. The normalized spacial score (nSPS) is 27.9. The molecule has 6 nitrogen and oxygen atoms in total. The maximum atomic E-state index is 13.1. The number of rotatable bonds is 4. The average molecular weight is 432 g/mol. The Labute approximate surface area is 179 Å². The van der Waals surface area contributed by atoms with Crippen LogP contribution in [-0.4, -0.2) is 42.7 Å². The van der Waals surface area contributed by atoms with E-state index in [1.807, 2.05) is 0 Å². The molecular formula is C23H33N3O3S. The van der Waals surface area contributed by atoms with Gasteiger partial charge in [-0.3, -0.25) is 4.90 Å². The van der Waals surface area contributed by atoms with Crippen molar-refractivity contribution >= 4 is 21.7 Å². The fourth-order valence-corrected chi connectivity index (χ4v) is 8.01. The quantitative estimate of drug-likeness (QED) is 0.765. The van der Waals surface area contributed by atoms with Crippen molar-refractivity contribution in [3.63, 3.8) is 0 Å². The van der Waals surface area contributed by atoms with Gasteiger partial charge in [0.05, 0.1) is 5.25 Å². The van der Waals surface area contributed by atoms with Gasteiger partial charge in [-0.2, -0.15) is 0 Å². The van der Waals surface area contributed by atoms with E-state index in [9.17, 15) is 13.2 Å². The third kappa shape index (κ3) is 3.44. The summed E-state index contributed by atoms with van der Waals surface area (Å²) < 4.78 is 28.5. The van der Waals surface area contributed by atoms with E-state index >= 15 is 0 Å². The number of amides is 2. The van der Waals surface area contributed by atoms with Crippen molar-refractivity contribution < 1.29 is 13.2 Å². The Morgan fingerprint density at radius 2 is 1.57 bits per heavy atom. The van der Waals surface area contributed by atoms with Gasteiger partial charge in [-0.15, -0.1) is 0 Å². The lowest BCUT2D eigenvalue weighted by Gasteiger charge is -2.41. The number of nitrogens with zero attached hydrogens (tertiary/aromatic N) is 1. The number of fused-ring (bicyclic) bond motifs is 4. The summed E-state index contributed by atoms with van der Waals surface area (Å²) in [5.74, 6) is 0. The molecule has 1 aromatic carbocycles. The fourth-order valence-electron chi connectivity index (χ4n) is 6.58. The van der Waals surface area contributed by atoms with Crippen LogP contribution in [0.2, 0.25) is 0 Å². The Bertz CT molecular complexity index is 926. The zero-order chi connectivity index (χ0) is 21.0. The lowest BCUT2D eigenvalue weighted by atomic mass is 9.99. The summed E-state index contributed by atoms with van der Waals surface area (Å²) in [6.45, 7) is 4.37. The van der Waals surface area contributed by atoms with Crippen LogP contribution >= 0.6 is 0 Å². The Kier molecular flexibility index (Phi) is 5.09. The minimum atomic E-state index is -3.69. The van der Waals surface area contributed by atoms with Crippen molar-refractivity contribution in [2.24, 2.45) is 0 Å². The molecule has 2 heterocycles. The van der Waals surface area contributed by atoms with Gasteiger partial charge in [0.15, 0.2) is 0 Å². The van der Waals surface area contributed by atoms with E-state index in [-0.39, 0.29) is 0 Å². The number of carbonyl (C=O) groups is 1. The molecule has 164 valence electrons. The second-order valence-electron chi connectivity index (χ2n) is 9.85. The first kappa shape index (κ1) is 20.3. The van der Waals surface area contributed by atoms with Gasteiger partial charge in [0.25, 0.3) is 0 Å². The molecule has 0 spiro atoms. The van der Waals surface area contributed by atoms with Crippen LogP contribution in [0, 0.1) is 0 Å². The summed E-state index contributed by atoms with van der Waals surface area (Å²) in [5, 5.41) is 2.48. The first-order valence-corrected chi connectivity index (χ1v) is 13.1. The number of piperidine rings is 1. The molecule has 1 aromatic rings. The molecule has 5 rings (SSSR count). The topological polar surface area (TPSA) is 78.5 Å². The third-order valence-electron chi connectivity index (χ3n) is 7.73. The molecule has 1 unspecified atom stereocenters. The number of hydrogen-bond donors (Lipinski definition) is 2. The van der Waals surface area contributed by atoms with Crippen LogP contribution in [0.3, 0.4) is 0 Å². The maximum absolute atomic E-state index is 13.1. The minimum Gasteiger partial charge on any atom is -0.307 e. The highest BCUT2D eigenvalue weighted by Gasteiger charge is 2.46. The Hall–Kier alpha value is -1.60. The van der Waals surface area contributed by atoms with Crippen LogP contribution in [0.4, 0.5) is 10.5 Å². The second kappa shape index (κ2) is 7.52. The van der Waals surface area contributed by atoms with E-state index in [2.05, 4.69) is 34.9 Å². The largest absolute Gasteiger partial charge is 0.332 e. The highest BCUT2D eigenvalue weighted by atomic mass is 32.2. The first-order valence-electron chi connectivity index (χ1n) is 11.6. The number of nitrogens with one attached hydrogen (secondary N) is 2. The summed E-state index contributed by atoms with van der Waals surface area (Å²) >= 11 is 0. The highest BCUT2D eigenvalue weighted by molar-refractivity contribution is 7.90. The van der Waals surface area contributed by atoms with Gasteiger partial charge >= 0.3 is 6.03 Å². The number of sulfonamides is 1. The van der Waals surface area contributed by atoms with Crippen LogP contribution in [0.15, 0.2) is 6.07 Å². The number of carbonyl (C=O) groups excluding carboxylic acids is 1. The predicted molar refractivity (Wildman–Crippen MR) is 118 cm³/mol. The second-order valence-corrected chi connectivity index (χ2v) is 11.8. The summed E-state index contributed by atoms with van der Waals surface area (Å²) in [7, 11) is -3.69. The van der Waals surface area contributed by atoms with Crippen LogP contribution in [-0.2, 0) is 35.7 Å². The summed E-state index contributed by atoms with van der Waals surface area (Å²) in [5.41, 5.74) is 5.97. The SMILES string of the molecule is CC(C)N1C2CC[C@H]1C[C@H](S(=O)(=O)NC(=O)Nc1c3c(cc4c1CCC4)CCC3)C2. The van der Waals surface area contributed by atoms with Crippen LogP contribution < -0.4 is 10.0 Å². The number of hydrogen-bond acceptors (Lipinski definition) is 4. The van der Waals surface area contributed by atoms with E-state index < -0.39 is 21.3 Å². The number of anilines is 1. The zero-order valence-corrected chi connectivity index (χ0v) is 18.9.